The lowest BCUT2D eigenvalue weighted by molar-refractivity contribution is -0.0165. The van der Waals surface area contributed by atoms with Crippen LogP contribution in [0, 0.1) is 0 Å². The summed E-state index contributed by atoms with van der Waals surface area (Å²) in [4.78, 5) is 35.8. The first-order valence-corrected chi connectivity index (χ1v) is 54.1. The summed E-state index contributed by atoms with van der Waals surface area (Å²) in [6, 6.07) is 14.8. The van der Waals surface area contributed by atoms with E-state index < -0.39 is 12.2 Å². The van der Waals surface area contributed by atoms with Crippen LogP contribution in [-0.4, -0.2) is 301 Å². The standard InChI is InChI=1S/C110H192N2O26/c1-7-10-13-16-19-22-25-28-31-34-37-40-43-46-53-133-105-92-97(93-106(134-54-47-44-41-38-35-32-29-26-23-20-17-14-11-8-2)109(105)137-55-48-45-42-39-36-33-30-27-24-21-18-15-12-9-3)99-49-51-101(111-99)103(113)96-104(114)102-52-50-100(112-102)98-94-107(135-89-86-130-83-80-127-77-74-124-71-68-121-65-62-118-59-56-115-4)110(138-91-88-132-85-82-129-79-76-126-73-70-123-67-64-120-61-58-117-6)108(95-98)136-90-87-131-84-81-128-78-75-125-72-69-122-66-63-119-60-57-116-5/h49-52,92-95,111-112H,7-48,53-91,96H2,1-6H3. The monoisotopic (exact) mass is 1960 g/mol. The van der Waals surface area contributed by atoms with E-state index >= 15 is 0 Å². The van der Waals surface area contributed by atoms with Gasteiger partial charge in [-0.15, -0.1) is 0 Å². The smallest absolute Gasteiger partial charge is 0.203 e. The number of benzene rings is 2. The third kappa shape index (κ3) is 71.0. The number of ketones is 2. The zero-order chi connectivity index (χ0) is 98.1. The molecule has 2 aromatic carbocycles. The minimum atomic E-state index is -0.405. The molecule has 798 valence electrons. The lowest BCUT2D eigenvalue weighted by Gasteiger charge is -2.19. The number of hydrogen-bond donors (Lipinski definition) is 2. The van der Waals surface area contributed by atoms with Crippen LogP contribution >= 0.6 is 0 Å². The molecular formula is C110H192N2O26. The van der Waals surface area contributed by atoms with Gasteiger partial charge in [0, 0.05) is 43.8 Å². The predicted molar refractivity (Wildman–Crippen MR) is 548 cm³/mol. The Bertz CT molecular complexity index is 3130. The number of nitrogens with one attached hydrogen (secondary N) is 2. The highest BCUT2D eigenvalue weighted by atomic mass is 16.6. The molecule has 2 N–H and O–H groups in total. The molecule has 2 heterocycles. The summed E-state index contributed by atoms with van der Waals surface area (Å²) in [5, 5.41) is 0. The van der Waals surface area contributed by atoms with Crippen LogP contribution in [0.1, 0.15) is 318 Å². The Kier molecular flexibility index (Phi) is 87.0. The number of aromatic nitrogens is 2. The van der Waals surface area contributed by atoms with Gasteiger partial charge in [-0.25, -0.2) is 0 Å². The molecule has 0 aliphatic carbocycles. The molecule has 4 rings (SSSR count). The highest BCUT2D eigenvalue weighted by Crippen LogP contribution is 2.44. The predicted octanol–water partition coefficient (Wildman–Crippen LogP) is 23.0. The molecule has 0 amide bonds. The van der Waals surface area contributed by atoms with Crippen LogP contribution < -0.4 is 28.4 Å². The summed E-state index contributed by atoms with van der Waals surface area (Å²) < 4.78 is 140. The molecule has 138 heavy (non-hydrogen) atoms. The second-order valence-electron chi connectivity index (χ2n) is 35.2. The average molecular weight is 1960 g/mol. The highest BCUT2D eigenvalue weighted by molar-refractivity contribution is 6.12. The Hall–Kier alpha value is -5.58. The second-order valence-corrected chi connectivity index (χ2v) is 35.2. The normalized spacial score (nSPS) is 11.6. The summed E-state index contributed by atoms with van der Waals surface area (Å²) >= 11 is 0. The number of H-pyrrole nitrogens is 2. The molecule has 0 unspecified atom stereocenters. The summed E-state index contributed by atoms with van der Waals surface area (Å²) in [6.45, 7) is 22.7. The average Bonchev–Trinajstić information content (AvgIpc) is 1.63. The van der Waals surface area contributed by atoms with E-state index in [1.54, 1.807) is 39.5 Å². The van der Waals surface area contributed by atoms with Crippen molar-refractivity contribution in [2.75, 3.05) is 279 Å². The molecule has 0 saturated heterocycles. The number of rotatable bonds is 111. The number of hydrogen-bond acceptors (Lipinski definition) is 26. The SMILES string of the molecule is CCCCCCCCCCCCCCCCOc1cc(-c2ccc(C(=O)CC(=O)c3ccc(-c4cc(OCCOCCOCCOCCOCCOCCOC)c(OCCOCCOCCOCCOCCOCCOC)c(OCCOCCOCCOCCOCCOCCOC)c4)[nH]3)[nH]2)cc(OCCCCCCCCCCCCCCCC)c1OCCCCCCCCCCCCCCCC. The van der Waals surface area contributed by atoms with Crippen molar-refractivity contribution in [1.82, 2.24) is 9.97 Å². The molecular weight excluding hydrogens is 1770 g/mol. The van der Waals surface area contributed by atoms with E-state index in [1.807, 2.05) is 30.3 Å². The quantitative estimate of drug-likeness (QED) is 0.0236. The maximum atomic E-state index is 14.5. The third-order valence-electron chi connectivity index (χ3n) is 23.4. The maximum absolute atomic E-state index is 14.5. The van der Waals surface area contributed by atoms with Crippen LogP contribution in [-0.2, 0) is 85.3 Å². The Morgan fingerprint density at radius 1 is 0.196 bits per heavy atom. The first-order chi connectivity index (χ1) is 68.4. The molecule has 28 nitrogen and oxygen atoms in total. The molecule has 0 radical (unpaired) electrons. The Morgan fingerprint density at radius 3 is 0.572 bits per heavy atom. The minimum absolute atomic E-state index is 0.124. The summed E-state index contributed by atoms with van der Waals surface area (Å²) in [5.74, 6) is 2.16. The number of aromatic amines is 2. The minimum Gasteiger partial charge on any atom is -0.490 e. The van der Waals surface area contributed by atoms with E-state index in [1.165, 1.54) is 231 Å². The van der Waals surface area contributed by atoms with Gasteiger partial charge in [0.05, 0.1) is 256 Å². The van der Waals surface area contributed by atoms with Crippen molar-refractivity contribution < 1.29 is 123 Å². The molecule has 0 aliphatic heterocycles. The first-order valence-electron chi connectivity index (χ1n) is 54.1. The van der Waals surface area contributed by atoms with Gasteiger partial charge in [-0.3, -0.25) is 9.59 Å². The Morgan fingerprint density at radius 2 is 0.362 bits per heavy atom. The molecule has 0 atom stereocenters. The third-order valence-corrected chi connectivity index (χ3v) is 23.4. The highest BCUT2D eigenvalue weighted by Gasteiger charge is 2.24. The van der Waals surface area contributed by atoms with E-state index in [0.29, 0.717) is 275 Å². The van der Waals surface area contributed by atoms with Crippen LogP contribution in [0.4, 0.5) is 0 Å². The zero-order valence-electron chi connectivity index (χ0n) is 87.2. The van der Waals surface area contributed by atoms with Gasteiger partial charge in [0.25, 0.3) is 0 Å². The van der Waals surface area contributed by atoms with Gasteiger partial charge in [0.1, 0.15) is 19.8 Å². The van der Waals surface area contributed by atoms with Gasteiger partial charge < -0.3 is 124 Å². The van der Waals surface area contributed by atoms with Gasteiger partial charge in [-0.1, -0.05) is 271 Å². The van der Waals surface area contributed by atoms with Crippen molar-refractivity contribution in [3.8, 4) is 57.0 Å². The summed E-state index contributed by atoms with van der Waals surface area (Å²) in [6.07, 6.45) is 53.3. The van der Waals surface area contributed by atoms with Crippen LogP contribution in [0.5, 0.6) is 34.5 Å². The first kappa shape index (κ1) is 125. The number of methoxy groups -OCH3 is 3. The molecule has 0 bridgehead atoms. The van der Waals surface area contributed by atoms with Gasteiger partial charge >= 0.3 is 0 Å². The lowest BCUT2D eigenvalue weighted by Crippen LogP contribution is -2.16. The van der Waals surface area contributed by atoms with Crippen LogP contribution in [0.3, 0.4) is 0 Å². The van der Waals surface area contributed by atoms with Gasteiger partial charge in [-0.05, 0) is 67.8 Å². The number of carbonyl (C=O) groups excluding carboxylic acids is 2. The molecule has 0 saturated carbocycles. The van der Waals surface area contributed by atoms with Crippen molar-refractivity contribution in [2.24, 2.45) is 0 Å². The molecule has 0 spiro atoms. The lowest BCUT2D eigenvalue weighted by atomic mass is 10.0. The van der Waals surface area contributed by atoms with Gasteiger partial charge in [0.15, 0.2) is 34.6 Å². The maximum Gasteiger partial charge on any atom is 0.203 e. The topological polar surface area (TPSA) is 287 Å². The van der Waals surface area contributed by atoms with Crippen molar-refractivity contribution in [1.29, 1.82) is 0 Å². The van der Waals surface area contributed by atoms with Crippen molar-refractivity contribution >= 4 is 11.6 Å². The van der Waals surface area contributed by atoms with E-state index in [-0.39, 0.29) is 51.1 Å². The zero-order valence-corrected chi connectivity index (χ0v) is 87.2. The largest absolute Gasteiger partial charge is 0.490 e. The van der Waals surface area contributed by atoms with E-state index in [9.17, 15) is 9.59 Å². The van der Waals surface area contributed by atoms with E-state index in [2.05, 4.69) is 30.7 Å². The Labute approximate surface area is 833 Å². The van der Waals surface area contributed by atoms with E-state index in [4.69, 9.17) is 114 Å². The van der Waals surface area contributed by atoms with Crippen molar-refractivity contribution in [3.05, 3.63) is 59.9 Å². The Balaban J connectivity index is 1.55. The van der Waals surface area contributed by atoms with Crippen LogP contribution in [0.25, 0.3) is 22.5 Å². The second kappa shape index (κ2) is 96.2. The number of ether oxygens (including phenoxy) is 24. The molecule has 28 heteroatoms. The van der Waals surface area contributed by atoms with Crippen LogP contribution in [0.15, 0.2) is 48.5 Å². The van der Waals surface area contributed by atoms with Gasteiger partial charge in [0.2, 0.25) is 11.5 Å². The fourth-order valence-electron chi connectivity index (χ4n) is 15.4. The number of carbonyl (C=O) groups is 2. The number of unbranched alkanes of at least 4 members (excludes halogenated alkanes) is 39. The van der Waals surface area contributed by atoms with Crippen molar-refractivity contribution in [3.63, 3.8) is 0 Å². The molecule has 0 fully saturated rings. The molecule has 2 aromatic heterocycles. The van der Waals surface area contributed by atoms with Crippen LogP contribution in [0.2, 0.25) is 0 Å². The number of Topliss-reactive ketones (excluding diaryl/α,β-unsaturated/α-hetero) is 2. The van der Waals surface area contributed by atoms with Crippen molar-refractivity contribution in [2.45, 2.75) is 297 Å². The summed E-state index contributed by atoms with van der Waals surface area (Å²) in [7, 11) is 4.92. The van der Waals surface area contributed by atoms with Gasteiger partial charge in [-0.2, -0.15) is 0 Å². The fraction of sp³-hybridized carbons (Fsp3) is 0.800. The van der Waals surface area contributed by atoms with E-state index in [0.717, 1.165) is 44.1 Å². The molecule has 4 aromatic rings. The fourth-order valence-corrected chi connectivity index (χ4v) is 15.4. The summed E-state index contributed by atoms with van der Waals surface area (Å²) in [5.41, 5.74) is 3.22. The molecule has 0 aliphatic rings.